The Hall–Kier alpha value is -1.76. The lowest BCUT2D eigenvalue weighted by molar-refractivity contribution is -0.123. The van der Waals surface area contributed by atoms with Crippen LogP contribution in [0.5, 0.6) is 0 Å². The third-order valence-corrected chi connectivity index (χ3v) is 4.33. The molecule has 0 amide bonds. The second-order valence-corrected chi connectivity index (χ2v) is 5.55. The van der Waals surface area contributed by atoms with Crippen LogP contribution in [0.15, 0.2) is 18.2 Å². The number of hydrogen-bond acceptors (Lipinski definition) is 2. The van der Waals surface area contributed by atoms with Crippen molar-refractivity contribution in [3.63, 3.8) is 0 Å². The van der Waals surface area contributed by atoms with Crippen molar-refractivity contribution in [1.29, 1.82) is 5.26 Å². The minimum Gasteiger partial charge on any atom is -0.298 e. The first-order valence-electron chi connectivity index (χ1n) is 6.48. The first-order valence-corrected chi connectivity index (χ1v) is 6.48. The number of nitriles is 1. The zero-order chi connectivity index (χ0) is 13.6. The SMILES string of the molecule is N#CC(C(=O)C1CC2CC2C1)c1ccc(F)cc1F. The molecule has 0 saturated heterocycles. The molecule has 1 aromatic rings. The molecule has 2 fully saturated rings. The maximum Gasteiger partial charge on any atom is 0.157 e. The zero-order valence-electron chi connectivity index (χ0n) is 10.3. The van der Waals surface area contributed by atoms with Gasteiger partial charge in [0.05, 0.1) is 6.07 Å². The number of benzene rings is 1. The van der Waals surface area contributed by atoms with Gasteiger partial charge in [0.15, 0.2) is 5.78 Å². The Labute approximate surface area is 110 Å². The normalized spacial score (nSPS) is 29.4. The minimum absolute atomic E-state index is 0.00512. The van der Waals surface area contributed by atoms with Crippen LogP contribution in [0.1, 0.15) is 30.7 Å². The second-order valence-electron chi connectivity index (χ2n) is 5.55. The number of fused-ring (bicyclic) bond motifs is 1. The third-order valence-electron chi connectivity index (χ3n) is 4.33. The van der Waals surface area contributed by atoms with E-state index in [1.54, 1.807) is 0 Å². The molecule has 19 heavy (non-hydrogen) atoms. The Morgan fingerprint density at radius 3 is 2.53 bits per heavy atom. The molecule has 3 unspecified atom stereocenters. The maximum absolute atomic E-state index is 13.7. The lowest BCUT2D eigenvalue weighted by atomic mass is 9.85. The molecule has 3 atom stereocenters. The molecule has 2 aliphatic carbocycles. The average molecular weight is 261 g/mol. The van der Waals surface area contributed by atoms with Gasteiger partial charge in [-0.05, 0) is 37.2 Å². The summed E-state index contributed by atoms with van der Waals surface area (Å²) in [5.74, 6) is -1.70. The van der Waals surface area contributed by atoms with Crippen LogP contribution in [0.2, 0.25) is 0 Å². The highest BCUT2D eigenvalue weighted by Crippen LogP contribution is 2.55. The summed E-state index contributed by atoms with van der Waals surface area (Å²) in [6, 6.07) is 4.88. The van der Waals surface area contributed by atoms with Gasteiger partial charge in [-0.1, -0.05) is 6.07 Å². The quantitative estimate of drug-likeness (QED) is 0.838. The molecule has 1 aromatic carbocycles. The first-order chi connectivity index (χ1) is 9.10. The number of Topliss-reactive ketones (excluding diaryl/α,β-unsaturated/α-hetero) is 1. The van der Waals surface area contributed by atoms with Gasteiger partial charge in [-0.3, -0.25) is 4.79 Å². The van der Waals surface area contributed by atoms with E-state index < -0.39 is 17.6 Å². The van der Waals surface area contributed by atoms with Crippen LogP contribution in [0.4, 0.5) is 8.78 Å². The van der Waals surface area contributed by atoms with Gasteiger partial charge in [-0.15, -0.1) is 0 Å². The van der Waals surface area contributed by atoms with Crippen molar-refractivity contribution < 1.29 is 13.6 Å². The van der Waals surface area contributed by atoms with Gasteiger partial charge in [0.1, 0.15) is 17.6 Å². The van der Waals surface area contributed by atoms with Gasteiger partial charge in [-0.2, -0.15) is 5.26 Å². The van der Waals surface area contributed by atoms with Crippen molar-refractivity contribution in [3.05, 3.63) is 35.4 Å². The van der Waals surface area contributed by atoms with Gasteiger partial charge in [0.2, 0.25) is 0 Å². The van der Waals surface area contributed by atoms with E-state index in [2.05, 4.69) is 0 Å². The molecule has 0 aliphatic heterocycles. The molecule has 0 N–H and O–H groups in total. The fourth-order valence-electron chi connectivity index (χ4n) is 3.20. The summed E-state index contributed by atoms with van der Waals surface area (Å²) in [4.78, 5) is 12.3. The lowest BCUT2D eigenvalue weighted by Gasteiger charge is -2.15. The monoisotopic (exact) mass is 261 g/mol. The maximum atomic E-state index is 13.7. The van der Waals surface area contributed by atoms with Gasteiger partial charge in [0, 0.05) is 17.5 Å². The van der Waals surface area contributed by atoms with E-state index >= 15 is 0 Å². The van der Waals surface area contributed by atoms with Crippen LogP contribution >= 0.6 is 0 Å². The largest absolute Gasteiger partial charge is 0.298 e. The van der Waals surface area contributed by atoms with Crippen molar-refractivity contribution >= 4 is 5.78 Å². The molecular weight excluding hydrogens is 248 g/mol. The van der Waals surface area contributed by atoms with Gasteiger partial charge in [0.25, 0.3) is 0 Å². The van der Waals surface area contributed by atoms with Crippen LogP contribution in [-0.2, 0) is 4.79 Å². The van der Waals surface area contributed by atoms with E-state index in [-0.39, 0.29) is 17.3 Å². The van der Waals surface area contributed by atoms with Crippen molar-refractivity contribution in [2.24, 2.45) is 17.8 Å². The number of halogens is 2. The summed E-state index contributed by atoms with van der Waals surface area (Å²) in [5, 5.41) is 9.15. The van der Waals surface area contributed by atoms with Crippen LogP contribution in [0.3, 0.4) is 0 Å². The molecule has 4 heteroatoms. The number of hydrogen-bond donors (Lipinski definition) is 0. The van der Waals surface area contributed by atoms with E-state index in [4.69, 9.17) is 5.26 Å². The van der Waals surface area contributed by atoms with Crippen molar-refractivity contribution in [3.8, 4) is 6.07 Å². The highest BCUT2D eigenvalue weighted by atomic mass is 19.1. The summed E-state index contributed by atoms with van der Waals surface area (Å²) in [6.45, 7) is 0. The van der Waals surface area contributed by atoms with E-state index in [9.17, 15) is 13.6 Å². The highest BCUT2D eigenvalue weighted by molar-refractivity contribution is 5.90. The second kappa shape index (κ2) is 4.41. The number of rotatable bonds is 3. The highest BCUT2D eigenvalue weighted by Gasteiger charge is 2.49. The van der Waals surface area contributed by atoms with Crippen LogP contribution < -0.4 is 0 Å². The summed E-state index contributed by atoms with van der Waals surface area (Å²) in [5.41, 5.74) is -0.00512. The Morgan fingerprint density at radius 1 is 1.26 bits per heavy atom. The molecular formula is C15H13F2NO. The van der Waals surface area contributed by atoms with E-state index in [1.165, 1.54) is 12.5 Å². The molecule has 98 valence electrons. The molecule has 3 rings (SSSR count). The average Bonchev–Trinajstić information content (AvgIpc) is 2.99. The van der Waals surface area contributed by atoms with Gasteiger partial charge >= 0.3 is 0 Å². The molecule has 0 bridgehead atoms. The Bertz CT molecular complexity index is 568. The molecule has 0 heterocycles. The van der Waals surface area contributed by atoms with Gasteiger partial charge < -0.3 is 0 Å². The van der Waals surface area contributed by atoms with Crippen LogP contribution in [-0.4, -0.2) is 5.78 Å². The predicted molar refractivity (Wildman–Crippen MR) is 64.0 cm³/mol. The lowest BCUT2D eigenvalue weighted by Crippen LogP contribution is -2.21. The minimum atomic E-state index is -1.11. The fraction of sp³-hybridized carbons (Fsp3) is 0.467. The smallest absolute Gasteiger partial charge is 0.157 e. The topological polar surface area (TPSA) is 40.9 Å². The number of carbonyl (C=O) groups excluding carboxylic acids is 1. The van der Waals surface area contributed by atoms with Crippen molar-refractivity contribution in [2.45, 2.75) is 25.2 Å². The van der Waals surface area contributed by atoms with Crippen molar-refractivity contribution in [2.75, 3.05) is 0 Å². The number of ketones is 1. The first kappa shape index (κ1) is 12.3. The predicted octanol–water partition coefficient (Wildman–Crippen LogP) is 3.19. The Balaban J connectivity index is 1.83. The van der Waals surface area contributed by atoms with Crippen molar-refractivity contribution in [1.82, 2.24) is 0 Å². The summed E-state index contributed by atoms with van der Waals surface area (Å²) < 4.78 is 26.5. The van der Waals surface area contributed by atoms with Crippen LogP contribution in [0, 0.1) is 40.7 Å². The summed E-state index contributed by atoms with van der Waals surface area (Å²) >= 11 is 0. The summed E-state index contributed by atoms with van der Waals surface area (Å²) in [6.07, 6.45) is 2.83. The third kappa shape index (κ3) is 2.14. The standard InChI is InChI=1S/C15H13F2NO/c16-11-1-2-12(14(17)6-11)13(7-18)15(19)10-4-8-3-9(8)5-10/h1-2,6,8-10,13H,3-5H2. The molecule has 0 spiro atoms. The Morgan fingerprint density at radius 2 is 1.95 bits per heavy atom. The van der Waals surface area contributed by atoms with E-state index in [0.29, 0.717) is 11.8 Å². The molecule has 2 saturated carbocycles. The summed E-state index contributed by atoms with van der Waals surface area (Å²) in [7, 11) is 0. The van der Waals surface area contributed by atoms with Gasteiger partial charge in [-0.25, -0.2) is 8.78 Å². The van der Waals surface area contributed by atoms with Crippen LogP contribution in [0.25, 0.3) is 0 Å². The molecule has 2 aliphatic rings. The fourth-order valence-corrected chi connectivity index (χ4v) is 3.20. The Kier molecular flexibility index (Phi) is 2.85. The zero-order valence-corrected chi connectivity index (χ0v) is 10.3. The van der Waals surface area contributed by atoms with E-state index in [0.717, 1.165) is 25.0 Å². The molecule has 2 nitrogen and oxygen atoms in total. The number of carbonyl (C=O) groups is 1. The van der Waals surface area contributed by atoms with E-state index in [1.807, 2.05) is 6.07 Å². The molecule has 0 radical (unpaired) electrons. The number of nitrogens with zero attached hydrogens (tertiary/aromatic N) is 1. The molecule has 0 aromatic heterocycles.